The van der Waals surface area contributed by atoms with Crippen LogP contribution in [0.15, 0.2) is 24.3 Å². The zero-order valence-corrected chi connectivity index (χ0v) is 13.1. The molecule has 3 N–H and O–H groups in total. The molecule has 4 heteroatoms. The second-order valence-electron chi connectivity index (χ2n) is 6.27. The van der Waals surface area contributed by atoms with Crippen LogP contribution in [0.25, 0.3) is 0 Å². The van der Waals surface area contributed by atoms with E-state index in [0.29, 0.717) is 23.8 Å². The number of nitrogens with one attached hydrogen (secondary N) is 1. The van der Waals surface area contributed by atoms with Crippen molar-refractivity contribution in [1.29, 1.82) is 0 Å². The number of hydrogen-bond donors (Lipinski definition) is 2. The highest BCUT2D eigenvalue weighted by Gasteiger charge is 2.22. The zero-order valence-electron chi connectivity index (χ0n) is 13.1. The molecular weight excluding hydrogens is 262 g/mol. The minimum absolute atomic E-state index is 0.0469. The van der Waals surface area contributed by atoms with Gasteiger partial charge in [-0.25, -0.2) is 0 Å². The highest BCUT2D eigenvalue weighted by atomic mass is 16.1. The van der Waals surface area contributed by atoms with Gasteiger partial charge in [-0.15, -0.1) is 0 Å². The Labute approximate surface area is 127 Å². The van der Waals surface area contributed by atoms with Crippen LogP contribution in [0.1, 0.15) is 39.5 Å². The normalized spacial score (nSPS) is 23.0. The minimum atomic E-state index is 0.0469. The Morgan fingerprint density at radius 1 is 1.33 bits per heavy atom. The van der Waals surface area contributed by atoms with E-state index >= 15 is 0 Å². The van der Waals surface area contributed by atoms with Crippen LogP contribution in [0.2, 0.25) is 0 Å². The maximum absolute atomic E-state index is 12.0. The molecule has 1 saturated heterocycles. The van der Waals surface area contributed by atoms with Gasteiger partial charge in [-0.3, -0.25) is 4.79 Å². The van der Waals surface area contributed by atoms with E-state index in [1.165, 1.54) is 12.8 Å². The average molecular weight is 289 g/mol. The number of nitrogens with zero attached hydrogens (tertiary/aromatic N) is 1. The Balaban J connectivity index is 1.73. The standard InChI is InChI=1S/C17H27N3O/c1-13-9-10-14(2)20(12-13)11-5-8-17(21)19-16-7-4-3-6-15(16)18/h3-4,6-7,13-14H,5,8-12,18H2,1-2H3,(H,19,21). The van der Waals surface area contributed by atoms with Crippen molar-refractivity contribution in [2.24, 2.45) is 5.92 Å². The van der Waals surface area contributed by atoms with Gasteiger partial charge in [0.05, 0.1) is 11.4 Å². The van der Waals surface area contributed by atoms with Gasteiger partial charge < -0.3 is 16.0 Å². The summed E-state index contributed by atoms with van der Waals surface area (Å²) in [5.41, 5.74) is 7.15. The van der Waals surface area contributed by atoms with E-state index in [9.17, 15) is 4.79 Å². The molecule has 1 aromatic carbocycles. The van der Waals surface area contributed by atoms with Crippen molar-refractivity contribution in [3.8, 4) is 0 Å². The number of piperidine rings is 1. The van der Waals surface area contributed by atoms with Crippen LogP contribution in [-0.2, 0) is 4.79 Å². The van der Waals surface area contributed by atoms with Crippen LogP contribution in [0, 0.1) is 5.92 Å². The summed E-state index contributed by atoms with van der Waals surface area (Å²) < 4.78 is 0. The van der Waals surface area contributed by atoms with Crippen molar-refractivity contribution < 1.29 is 4.79 Å². The first-order chi connectivity index (χ1) is 10.1. The second-order valence-corrected chi connectivity index (χ2v) is 6.27. The molecule has 1 heterocycles. The van der Waals surface area contributed by atoms with Crippen LogP contribution in [0.5, 0.6) is 0 Å². The monoisotopic (exact) mass is 289 g/mol. The van der Waals surface area contributed by atoms with Gasteiger partial charge in [0, 0.05) is 19.0 Å². The number of likely N-dealkylation sites (tertiary alicyclic amines) is 1. The summed E-state index contributed by atoms with van der Waals surface area (Å²) in [4.78, 5) is 14.5. The lowest BCUT2D eigenvalue weighted by atomic mass is 9.95. The average Bonchev–Trinajstić information content (AvgIpc) is 2.45. The molecule has 1 aliphatic rings. The Hall–Kier alpha value is -1.55. The summed E-state index contributed by atoms with van der Waals surface area (Å²) in [6.45, 7) is 6.76. The number of benzene rings is 1. The third-order valence-corrected chi connectivity index (χ3v) is 4.33. The Bertz CT molecular complexity index is 475. The van der Waals surface area contributed by atoms with E-state index in [1.54, 1.807) is 6.07 Å². The number of hydrogen-bond acceptors (Lipinski definition) is 3. The van der Waals surface area contributed by atoms with Crippen LogP contribution in [0.3, 0.4) is 0 Å². The molecule has 1 aliphatic heterocycles. The summed E-state index contributed by atoms with van der Waals surface area (Å²) in [5.74, 6) is 0.824. The van der Waals surface area contributed by atoms with Gasteiger partial charge in [0.1, 0.15) is 0 Å². The number of amides is 1. The zero-order chi connectivity index (χ0) is 15.2. The molecule has 4 nitrogen and oxygen atoms in total. The SMILES string of the molecule is CC1CCC(C)N(CCCC(=O)Nc2ccccc2N)C1. The molecule has 1 amide bonds. The van der Waals surface area contributed by atoms with E-state index in [2.05, 4.69) is 24.1 Å². The largest absolute Gasteiger partial charge is 0.397 e. The van der Waals surface area contributed by atoms with E-state index in [0.717, 1.165) is 25.4 Å². The lowest BCUT2D eigenvalue weighted by molar-refractivity contribution is -0.116. The predicted molar refractivity (Wildman–Crippen MR) is 88.2 cm³/mol. The third-order valence-electron chi connectivity index (χ3n) is 4.33. The van der Waals surface area contributed by atoms with Gasteiger partial charge in [0.2, 0.25) is 5.91 Å². The van der Waals surface area contributed by atoms with Gasteiger partial charge in [-0.2, -0.15) is 0 Å². The first kappa shape index (κ1) is 15.8. The summed E-state index contributed by atoms with van der Waals surface area (Å²) in [7, 11) is 0. The first-order valence-electron chi connectivity index (χ1n) is 7.94. The highest BCUT2D eigenvalue weighted by molar-refractivity contribution is 5.93. The fourth-order valence-electron chi connectivity index (χ4n) is 2.96. The number of carbonyl (C=O) groups is 1. The summed E-state index contributed by atoms with van der Waals surface area (Å²) >= 11 is 0. The number of para-hydroxylation sites is 2. The number of nitrogens with two attached hydrogens (primary N) is 1. The van der Waals surface area contributed by atoms with Gasteiger partial charge in [-0.05, 0) is 50.8 Å². The smallest absolute Gasteiger partial charge is 0.224 e. The topological polar surface area (TPSA) is 58.4 Å². The fourth-order valence-corrected chi connectivity index (χ4v) is 2.96. The van der Waals surface area contributed by atoms with Crippen LogP contribution in [-0.4, -0.2) is 29.9 Å². The van der Waals surface area contributed by atoms with E-state index < -0.39 is 0 Å². The molecule has 21 heavy (non-hydrogen) atoms. The summed E-state index contributed by atoms with van der Waals surface area (Å²) in [5, 5.41) is 2.89. The van der Waals surface area contributed by atoms with Crippen LogP contribution in [0.4, 0.5) is 11.4 Å². The number of anilines is 2. The number of rotatable bonds is 5. The highest BCUT2D eigenvalue weighted by Crippen LogP contribution is 2.22. The first-order valence-corrected chi connectivity index (χ1v) is 7.94. The predicted octanol–water partition coefficient (Wildman–Crippen LogP) is 3.11. The van der Waals surface area contributed by atoms with Crippen LogP contribution >= 0.6 is 0 Å². The molecule has 0 aromatic heterocycles. The van der Waals surface area contributed by atoms with Gasteiger partial charge in [-0.1, -0.05) is 19.1 Å². The van der Waals surface area contributed by atoms with Gasteiger partial charge in [0.15, 0.2) is 0 Å². The summed E-state index contributed by atoms with van der Waals surface area (Å²) in [6.07, 6.45) is 4.04. The van der Waals surface area contributed by atoms with Crippen molar-refractivity contribution in [3.05, 3.63) is 24.3 Å². The molecule has 2 rings (SSSR count). The fraction of sp³-hybridized carbons (Fsp3) is 0.588. The van der Waals surface area contributed by atoms with Gasteiger partial charge >= 0.3 is 0 Å². The van der Waals surface area contributed by atoms with Crippen molar-refractivity contribution in [1.82, 2.24) is 4.90 Å². The number of nitrogen functional groups attached to an aromatic ring is 1. The van der Waals surface area contributed by atoms with Crippen molar-refractivity contribution in [3.63, 3.8) is 0 Å². The molecule has 2 atom stereocenters. The molecule has 2 unspecified atom stereocenters. The molecule has 116 valence electrons. The third kappa shape index (κ3) is 4.74. The maximum atomic E-state index is 12.0. The van der Waals surface area contributed by atoms with E-state index in [4.69, 9.17) is 5.73 Å². The molecule has 1 fully saturated rings. The lowest BCUT2D eigenvalue weighted by Gasteiger charge is -2.36. The van der Waals surface area contributed by atoms with E-state index in [1.807, 2.05) is 18.2 Å². The minimum Gasteiger partial charge on any atom is -0.397 e. The Morgan fingerprint density at radius 2 is 2.10 bits per heavy atom. The number of carbonyl (C=O) groups excluding carboxylic acids is 1. The van der Waals surface area contributed by atoms with Crippen molar-refractivity contribution in [2.75, 3.05) is 24.1 Å². The molecular formula is C17H27N3O. The Morgan fingerprint density at radius 3 is 2.86 bits per heavy atom. The molecule has 0 saturated carbocycles. The van der Waals surface area contributed by atoms with Crippen molar-refractivity contribution >= 4 is 17.3 Å². The van der Waals surface area contributed by atoms with Crippen molar-refractivity contribution in [2.45, 2.75) is 45.6 Å². The Kier molecular flexibility index (Phi) is 5.62. The summed E-state index contributed by atoms with van der Waals surface area (Å²) in [6, 6.07) is 8.02. The second kappa shape index (κ2) is 7.46. The lowest BCUT2D eigenvalue weighted by Crippen LogP contribution is -2.41. The molecule has 1 aromatic rings. The quantitative estimate of drug-likeness (QED) is 0.819. The van der Waals surface area contributed by atoms with Gasteiger partial charge in [0.25, 0.3) is 0 Å². The maximum Gasteiger partial charge on any atom is 0.224 e. The molecule has 0 spiro atoms. The molecule has 0 aliphatic carbocycles. The van der Waals surface area contributed by atoms with E-state index in [-0.39, 0.29) is 5.91 Å². The molecule has 0 radical (unpaired) electrons. The van der Waals surface area contributed by atoms with Crippen LogP contribution < -0.4 is 11.1 Å². The molecule has 0 bridgehead atoms.